The maximum atomic E-state index is 12.6. The van der Waals surface area contributed by atoms with E-state index in [2.05, 4.69) is 21.2 Å². The van der Waals surface area contributed by atoms with E-state index in [0.717, 1.165) is 14.9 Å². The Morgan fingerprint density at radius 3 is 2.72 bits per heavy atom. The van der Waals surface area contributed by atoms with E-state index in [-0.39, 0.29) is 5.70 Å². The summed E-state index contributed by atoms with van der Waals surface area (Å²) >= 11 is 9.37. The van der Waals surface area contributed by atoms with Crippen LogP contribution in [0.15, 0.2) is 52.6 Å². The lowest BCUT2D eigenvalue weighted by Crippen LogP contribution is -2.30. The van der Waals surface area contributed by atoms with E-state index in [4.69, 9.17) is 16.3 Å². The van der Waals surface area contributed by atoms with Crippen LogP contribution < -0.4 is 15.0 Å². The molecule has 0 aromatic heterocycles. The molecule has 0 atom stereocenters. The van der Waals surface area contributed by atoms with Crippen molar-refractivity contribution in [1.29, 1.82) is 0 Å². The summed E-state index contributed by atoms with van der Waals surface area (Å²) in [5.41, 5.74) is 1.37. The molecule has 3 rings (SSSR count). The van der Waals surface area contributed by atoms with E-state index < -0.39 is 11.9 Å². The van der Waals surface area contributed by atoms with E-state index in [1.165, 1.54) is 0 Å². The molecule has 0 aliphatic carbocycles. The maximum absolute atomic E-state index is 12.6. The highest BCUT2D eigenvalue weighted by molar-refractivity contribution is 9.10. The third-order valence-corrected chi connectivity index (χ3v) is 4.37. The van der Waals surface area contributed by atoms with Gasteiger partial charge in [0.05, 0.1) is 16.8 Å². The van der Waals surface area contributed by atoms with Crippen molar-refractivity contribution < 1.29 is 14.3 Å². The largest absolute Gasteiger partial charge is 0.493 e. The molecule has 1 aliphatic rings. The van der Waals surface area contributed by atoms with Gasteiger partial charge < -0.3 is 10.1 Å². The van der Waals surface area contributed by atoms with Gasteiger partial charge in [0.25, 0.3) is 5.91 Å². The Morgan fingerprint density at radius 2 is 2.04 bits per heavy atom. The Bertz CT molecular complexity index is 882. The monoisotopic (exact) mass is 420 g/mol. The number of benzene rings is 2. The van der Waals surface area contributed by atoms with Crippen molar-refractivity contribution in [2.24, 2.45) is 0 Å². The van der Waals surface area contributed by atoms with Gasteiger partial charge in [0.2, 0.25) is 0 Å². The number of carbonyl (C=O) groups is 2. The van der Waals surface area contributed by atoms with Crippen LogP contribution in [0.25, 0.3) is 6.08 Å². The average Bonchev–Trinajstić information content (AvgIpc) is 2.84. The molecule has 128 valence electrons. The third-order valence-electron chi connectivity index (χ3n) is 3.51. The molecule has 1 fully saturated rings. The van der Waals surface area contributed by atoms with Crippen LogP contribution in [-0.2, 0) is 4.79 Å². The first-order chi connectivity index (χ1) is 12.0. The molecule has 0 radical (unpaired) electrons. The average molecular weight is 422 g/mol. The number of carbonyl (C=O) groups excluding carboxylic acids is 2. The van der Waals surface area contributed by atoms with Crippen LogP contribution in [0.1, 0.15) is 12.5 Å². The fourth-order valence-electron chi connectivity index (χ4n) is 2.43. The van der Waals surface area contributed by atoms with Gasteiger partial charge in [-0.25, -0.2) is 9.69 Å². The van der Waals surface area contributed by atoms with Crippen molar-refractivity contribution in [1.82, 2.24) is 5.32 Å². The first-order valence-electron chi connectivity index (χ1n) is 7.54. The lowest BCUT2D eigenvalue weighted by Gasteiger charge is -2.11. The first-order valence-corrected chi connectivity index (χ1v) is 8.71. The molecule has 1 heterocycles. The highest BCUT2D eigenvalue weighted by atomic mass is 79.9. The number of hydrogen-bond acceptors (Lipinski definition) is 3. The topological polar surface area (TPSA) is 58.6 Å². The quantitative estimate of drug-likeness (QED) is 0.580. The summed E-state index contributed by atoms with van der Waals surface area (Å²) in [6.07, 6.45) is 1.62. The van der Waals surface area contributed by atoms with Crippen molar-refractivity contribution in [2.75, 3.05) is 11.5 Å². The Hall–Kier alpha value is -2.31. The number of nitrogens with one attached hydrogen (secondary N) is 1. The van der Waals surface area contributed by atoms with E-state index in [1.54, 1.807) is 36.4 Å². The minimum atomic E-state index is -0.511. The van der Waals surface area contributed by atoms with E-state index in [9.17, 15) is 9.59 Å². The van der Waals surface area contributed by atoms with Gasteiger partial charge in [0.1, 0.15) is 11.4 Å². The minimum absolute atomic E-state index is 0.195. The predicted molar refractivity (Wildman–Crippen MR) is 101 cm³/mol. The van der Waals surface area contributed by atoms with Crippen LogP contribution in [0.2, 0.25) is 5.02 Å². The summed E-state index contributed by atoms with van der Waals surface area (Å²) in [5, 5.41) is 3.04. The molecule has 2 aromatic rings. The van der Waals surface area contributed by atoms with Gasteiger partial charge in [-0.15, -0.1) is 0 Å². The van der Waals surface area contributed by atoms with Crippen LogP contribution in [0.4, 0.5) is 10.5 Å². The fraction of sp³-hybridized carbons (Fsp3) is 0.111. The van der Waals surface area contributed by atoms with Crippen molar-refractivity contribution >= 4 is 51.2 Å². The molecule has 25 heavy (non-hydrogen) atoms. The van der Waals surface area contributed by atoms with Gasteiger partial charge in [-0.3, -0.25) is 4.79 Å². The zero-order valence-corrected chi connectivity index (χ0v) is 15.6. The molecular formula is C18H14BrClN2O3. The zero-order chi connectivity index (χ0) is 18.0. The smallest absolute Gasteiger partial charge is 0.333 e. The van der Waals surface area contributed by atoms with Gasteiger partial charge in [-0.2, -0.15) is 0 Å². The molecule has 3 amide bonds. The van der Waals surface area contributed by atoms with Crippen LogP contribution in [-0.4, -0.2) is 18.5 Å². The fourth-order valence-corrected chi connectivity index (χ4v) is 3.13. The molecule has 1 saturated heterocycles. The maximum Gasteiger partial charge on any atom is 0.333 e. The number of hydrogen-bond donors (Lipinski definition) is 1. The van der Waals surface area contributed by atoms with Crippen LogP contribution in [0.3, 0.4) is 0 Å². The lowest BCUT2D eigenvalue weighted by atomic mass is 10.2. The number of rotatable bonds is 4. The first kappa shape index (κ1) is 17.5. The Balaban J connectivity index is 1.89. The predicted octanol–water partition coefficient (Wildman–Crippen LogP) is 4.60. The van der Waals surface area contributed by atoms with Crippen LogP contribution in [0.5, 0.6) is 5.75 Å². The Kier molecular flexibility index (Phi) is 5.11. The van der Waals surface area contributed by atoms with E-state index >= 15 is 0 Å². The van der Waals surface area contributed by atoms with Crippen molar-refractivity contribution in [2.45, 2.75) is 6.92 Å². The molecule has 5 nitrogen and oxygen atoms in total. The summed E-state index contributed by atoms with van der Waals surface area (Å²) in [6, 6.07) is 11.5. The van der Waals surface area contributed by atoms with Gasteiger partial charge in [0, 0.05) is 5.02 Å². The molecule has 0 unspecified atom stereocenters. The second-order valence-corrected chi connectivity index (χ2v) is 6.52. The molecule has 1 N–H and O–H groups in total. The number of anilines is 1. The molecular weight excluding hydrogens is 408 g/mol. The standard InChI is InChI=1S/C18H14BrClN2O3/c1-2-25-16-7-6-11(8-14(16)19)9-15-17(23)22(18(24)21-15)13-5-3-4-12(20)10-13/h3-10H,2H2,1H3,(H,21,24)/b15-9+. The van der Waals surface area contributed by atoms with Gasteiger partial charge in [-0.1, -0.05) is 23.7 Å². The zero-order valence-electron chi connectivity index (χ0n) is 13.3. The number of nitrogens with zero attached hydrogens (tertiary/aromatic N) is 1. The van der Waals surface area contributed by atoms with Crippen LogP contribution in [0, 0.1) is 0 Å². The van der Waals surface area contributed by atoms with E-state index in [0.29, 0.717) is 23.1 Å². The van der Waals surface area contributed by atoms with Gasteiger partial charge >= 0.3 is 6.03 Å². The van der Waals surface area contributed by atoms with Crippen molar-refractivity contribution in [3.8, 4) is 5.75 Å². The second kappa shape index (κ2) is 7.29. The molecule has 0 spiro atoms. The van der Waals surface area contributed by atoms with Crippen molar-refractivity contribution in [3.63, 3.8) is 0 Å². The minimum Gasteiger partial charge on any atom is -0.493 e. The number of urea groups is 1. The summed E-state index contributed by atoms with van der Waals surface area (Å²) in [7, 11) is 0. The molecule has 7 heteroatoms. The normalized spacial score (nSPS) is 15.6. The summed E-state index contributed by atoms with van der Waals surface area (Å²) in [4.78, 5) is 25.8. The Morgan fingerprint density at radius 1 is 1.24 bits per heavy atom. The SMILES string of the molecule is CCOc1ccc(/C=C2/NC(=O)N(c3cccc(Cl)c3)C2=O)cc1Br. The van der Waals surface area contributed by atoms with Crippen molar-refractivity contribution in [3.05, 3.63) is 63.2 Å². The molecule has 0 saturated carbocycles. The number of ether oxygens (including phenoxy) is 1. The van der Waals surface area contributed by atoms with E-state index in [1.807, 2.05) is 19.1 Å². The number of imide groups is 1. The highest BCUT2D eigenvalue weighted by Crippen LogP contribution is 2.28. The summed E-state index contributed by atoms with van der Waals surface area (Å²) in [6.45, 7) is 2.46. The Labute approximate surface area is 158 Å². The molecule has 1 aliphatic heterocycles. The number of amides is 3. The van der Waals surface area contributed by atoms with Gasteiger partial charge in [-0.05, 0) is 64.8 Å². The van der Waals surface area contributed by atoms with Gasteiger partial charge in [0.15, 0.2) is 0 Å². The second-order valence-electron chi connectivity index (χ2n) is 5.23. The summed E-state index contributed by atoms with van der Waals surface area (Å²) < 4.78 is 6.23. The molecule has 2 aromatic carbocycles. The highest BCUT2D eigenvalue weighted by Gasteiger charge is 2.34. The summed E-state index contributed by atoms with van der Waals surface area (Å²) in [5.74, 6) is 0.282. The van der Waals surface area contributed by atoms with Crippen LogP contribution >= 0.6 is 27.5 Å². The third kappa shape index (κ3) is 3.70. The molecule has 0 bridgehead atoms. The lowest BCUT2D eigenvalue weighted by molar-refractivity contribution is -0.113. The number of halogens is 2.